The van der Waals surface area contributed by atoms with E-state index in [2.05, 4.69) is 6.07 Å². The van der Waals surface area contributed by atoms with E-state index in [1.807, 2.05) is 83.8 Å². The Morgan fingerprint density at radius 3 is 2.21 bits per heavy atom. The normalized spacial score (nSPS) is 12.6. The summed E-state index contributed by atoms with van der Waals surface area (Å²) < 4.78 is 16.6. The number of hydrogen-bond donors (Lipinski definition) is 0. The van der Waals surface area contributed by atoms with Crippen molar-refractivity contribution in [2.24, 2.45) is 0 Å². The van der Waals surface area contributed by atoms with Gasteiger partial charge in [-0.25, -0.2) is 0 Å². The van der Waals surface area contributed by atoms with Crippen molar-refractivity contribution >= 4 is 11.9 Å². The van der Waals surface area contributed by atoms with E-state index in [9.17, 15) is 9.59 Å². The van der Waals surface area contributed by atoms with Gasteiger partial charge in [-0.1, -0.05) is 60.7 Å². The molecule has 1 aliphatic rings. The fraction of sp³-hybridized carbons (Fsp3) is 0.273. The molecular formula is C33H33NO5. The largest absolute Gasteiger partial charge is 0.489 e. The molecule has 1 heterocycles. The quantitative estimate of drug-likeness (QED) is 0.202. The van der Waals surface area contributed by atoms with Crippen LogP contribution in [-0.4, -0.2) is 29.4 Å². The molecule has 0 radical (unpaired) electrons. The molecule has 0 saturated heterocycles. The minimum Gasteiger partial charge on any atom is -0.489 e. The number of nitrogens with zero attached hydrogens (tertiary/aromatic N) is 1. The zero-order valence-corrected chi connectivity index (χ0v) is 22.2. The van der Waals surface area contributed by atoms with Gasteiger partial charge in [-0.15, -0.1) is 0 Å². The van der Waals surface area contributed by atoms with E-state index in [-0.39, 0.29) is 18.3 Å². The van der Waals surface area contributed by atoms with Crippen molar-refractivity contribution < 1.29 is 23.5 Å². The van der Waals surface area contributed by atoms with Gasteiger partial charge in [0.15, 0.2) is 0 Å². The van der Waals surface area contributed by atoms with Crippen LogP contribution in [0, 0.1) is 0 Å². The maximum atomic E-state index is 13.4. The number of hydrogen-bond acceptors (Lipinski definition) is 5. The van der Waals surface area contributed by atoms with Gasteiger partial charge in [0.2, 0.25) is 5.91 Å². The lowest BCUT2D eigenvalue weighted by atomic mass is 10.1. The molecule has 4 aromatic rings. The molecule has 0 spiro atoms. The van der Waals surface area contributed by atoms with Crippen molar-refractivity contribution in [3.63, 3.8) is 0 Å². The van der Waals surface area contributed by atoms with E-state index in [1.54, 1.807) is 13.2 Å². The first-order chi connectivity index (χ1) is 19.1. The zero-order valence-electron chi connectivity index (χ0n) is 22.2. The molecule has 0 aliphatic heterocycles. The Morgan fingerprint density at radius 1 is 0.846 bits per heavy atom. The van der Waals surface area contributed by atoms with Crippen LogP contribution in [-0.2, 0) is 40.3 Å². The molecule has 0 unspecified atom stereocenters. The number of carbonyl (C=O) groups excluding carboxylic acids is 2. The van der Waals surface area contributed by atoms with E-state index in [0.29, 0.717) is 32.2 Å². The molecule has 1 aromatic heterocycles. The smallest absolute Gasteiger partial charge is 0.310 e. The number of esters is 1. The van der Waals surface area contributed by atoms with Gasteiger partial charge >= 0.3 is 5.97 Å². The van der Waals surface area contributed by atoms with Crippen molar-refractivity contribution in [1.82, 2.24) is 4.90 Å². The highest BCUT2D eigenvalue weighted by Crippen LogP contribution is 2.30. The fourth-order valence-electron chi connectivity index (χ4n) is 4.59. The first-order valence-electron chi connectivity index (χ1n) is 13.5. The summed E-state index contributed by atoms with van der Waals surface area (Å²) in [5.74, 6) is 1.45. The standard InChI is InChI=1S/C33H33NO5/c1-2-37-33(36)21-25-11-17-30(18-12-25)39-23-28-7-4-3-6-27(28)22-34(29-15-16-29)32(35)20-24-9-13-26(14-10-24)31-8-5-19-38-31/h3-14,17-19,29H,2,15-16,20-23H2,1H3. The highest BCUT2D eigenvalue weighted by molar-refractivity contribution is 5.79. The van der Waals surface area contributed by atoms with Gasteiger partial charge in [-0.2, -0.15) is 0 Å². The Bertz CT molecular complexity index is 1370. The third kappa shape index (κ3) is 7.17. The number of rotatable bonds is 12. The summed E-state index contributed by atoms with van der Waals surface area (Å²) in [4.78, 5) is 27.1. The third-order valence-corrected chi connectivity index (χ3v) is 6.85. The molecule has 1 aliphatic carbocycles. The maximum Gasteiger partial charge on any atom is 0.310 e. The molecule has 1 amide bonds. The van der Waals surface area contributed by atoms with Gasteiger partial charge in [-0.05, 0) is 66.3 Å². The fourth-order valence-corrected chi connectivity index (χ4v) is 4.59. The highest BCUT2D eigenvalue weighted by Gasteiger charge is 2.32. The molecule has 39 heavy (non-hydrogen) atoms. The minimum absolute atomic E-state index is 0.135. The van der Waals surface area contributed by atoms with Crippen molar-refractivity contribution in [3.8, 4) is 17.1 Å². The lowest BCUT2D eigenvalue weighted by Gasteiger charge is -2.24. The summed E-state index contributed by atoms with van der Waals surface area (Å²) >= 11 is 0. The van der Waals surface area contributed by atoms with Crippen LogP contribution in [0.2, 0.25) is 0 Å². The number of furan rings is 1. The van der Waals surface area contributed by atoms with Crippen molar-refractivity contribution in [3.05, 3.63) is 113 Å². The van der Waals surface area contributed by atoms with E-state index < -0.39 is 0 Å². The van der Waals surface area contributed by atoms with Crippen LogP contribution in [0.1, 0.15) is 42.0 Å². The number of benzene rings is 3. The third-order valence-electron chi connectivity index (χ3n) is 6.85. The van der Waals surface area contributed by atoms with Crippen LogP contribution in [0.5, 0.6) is 5.75 Å². The summed E-state index contributed by atoms with van der Waals surface area (Å²) in [5.41, 5.74) is 5.01. The van der Waals surface area contributed by atoms with Crippen molar-refractivity contribution in [2.75, 3.05) is 6.61 Å². The molecule has 0 bridgehead atoms. The molecule has 0 N–H and O–H groups in total. The molecule has 6 nitrogen and oxygen atoms in total. The minimum atomic E-state index is -0.235. The highest BCUT2D eigenvalue weighted by atomic mass is 16.5. The van der Waals surface area contributed by atoms with Crippen LogP contribution in [0.3, 0.4) is 0 Å². The van der Waals surface area contributed by atoms with E-state index in [0.717, 1.165) is 52.2 Å². The second kappa shape index (κ2) is 12.5. The second-order valence-electron chi connectivity index (χ2n) is 9.79. The maximum absolute atomic E-state index is 13.4. The molecule has 1 fully saturated rings. The Kier molecular flexibility index (Phi) is 8.42. The monoisotopic (exact) mass is 523 g/mol. The molecule has 6 heteroatoms. The summed E-state index contributed by atoms with van der Waals surface area (Å²) in [6.45, 7) is 3.14. The van der Waals surface area contributed by atoms with Crippen LogP contribution >= 0.6 is 0 Å². The molecule has 5 rings (SSSR count). The Morgan fingerprint density at radius 2 is 1.54 bits per heavy atom. The van der Waals surface area contributed by atoms with Gasteiger partial charge in [-0.3, -0.25) is 9.59 Å². The van der Waals surface area contributed by atoms with Crippen molar-refractivity contribution in [2.45, 2.75) is 51.8 Å². The lowest BCUT2D eigenvalue weighted by molar-refractivity contribution is -0.142. The molecule has 0 atom stereocenters. The van der Waals surface area contributed by atoms with Gasteiger partial charge in [0, 0.05) is 18.2 Å². The first kappa shape index (κ1) is 26.3. The van der Waals surface area contributed by atoms with Gasteiger partial charge < -0.3 is 18.8 Å². The Labute approximate surface area is 229 Å². The molecular weight excluding hydrogens is 490 g/mol. The zero-order chi connectivity index (χ0) is 27.0. The predicted octanol–water partition coefficient (Wildman–Crippen LogP) is 6.36. The molecule has 200 valence electrons. The number of amides is 1. The topological polar surface area (TPSA) is 69.0 Å². The SMILES string of the molecule is CCOC(=O)Cc1ccc(OCc2ccccc2CN(C(=O)Cc2ccc(-c3ccco3)cc2)C2CC2)cc1. The molecule has 1 saturated carbocycles. The van der Waals surface area contributed by atoms with E-state index in [1.165, 1.54) is 0 Å². The first-order valence-corrected chi connectivity index (χ1v) is 13.5. The van der Waals surface area contributed by atoms with E-state index in [4.69, 9.17) is 13.9 Å². The van der Waals surface area contributed by atoms with Crippen LogP contribution in [0.25, 0.3) is 11.3 Å². The predicted molar refractivity (Wildman–Crippen MR) is 149 cm³/mol. The summed E-state index contributed by atoms with van der Waals surface area (Å²) in [6, 6.07) is 27.7. The van der Waals surface area contributed by atoms with Crippen LogP contribution in [0.4, 0.5) is 0 Å². The Hall–Kier alpha value is -4.32. The Balaban J connectivity index is 1.20. The van der Waals surface area contributed by atoms with Gasteiger partial charge in [0.25, 0.3) is 0 Å². The van der Waals surface area contributed by atoms with Crippen LogP contribution in [0.15, 0.2) is 95.6 Å². The number of ether oxygens (including phenoxy) is 2. The van der Waals surface area contributed by atoms with Gasteiger partial charge in [0.05, 0.1) is 25.7 Å². The van der Waals surface area contributed by atoms with Gasteiger partial charge in [0.1, 0.15) is 18.1 Å². The summed E-state index contributed by atoms with van der Waals surface area (Å²) in [7, 11) is 0. The number of carbonyl (C=O) groups is 2. The average Bonchev–Trinajstić information content (AvgIpc) is 3.64. The average molecular weight is 524 g/mol. The van der Waals surface area contributed by atoms with Crippen LogP contribution < -0.4 is 4.74 Å². The second-order valence-corrected chi connectivity index (χ2v) is 9.79. The molecule has 3 aromatic carbocycles. The summed E-state index contributed by atoms with van der Waals surface area (Å²) in [6.07, 6.45) is 4.36. The lowest BCUT2D eigenvalue weighted by Crippen LogP contribution is -2.34. The van der Waals surface area contributed by atoms with E-state index >= 15 is 0 Å². The summed E-state index contributed by atoms with van der Waals surface area (Å²) in [5, 5.41) is 0. The van der Waals surface area contributed by atoms with Crippen molar-refractivity contribution in [1.29, 1.82) is 0 Å².